The van der Waals surface area contributed by atoms with Crippen LogP contribution in [0.1, 0.15) is 12.7 Å². The highest BCUT2D eigenvalue weighted by Gasteiger charge is 2.08. The fraction of sp³-hybridized carbons (Fsp3) is 0.250. The van der Waals surface area contributed by atoms with Crippen molar-refractivity contribution in [2.45, 2.75) is 20.0 Å². The molecule has 0 atom stereocenters. The monoisotopic (exact) mass is 274 g/mol. The lowest BCUT2D eigenvalue weighted by Gasteiger charge is -2.09. The van der Waals surface area contributed by atoms with Gasteiger partial charge in [-0.05, 0) is 13.0 Å². The normalized spacial score (nSPS) is 11.1. The molecule has 0 unspecified atom stereocenters. The molecule has 2 heterocycles. The first-order chi connectivity index (χ1) is 9.67. The molecule has 8 nitrogen and oxygen atoms in total. The van der Waals surface area contributed by atoms with Gasteiger partial charge in [0.1, 0.15) is 6.33 Å². The number of nitrogens with one attached hydrogen (secondary N) is 2. The second-order valence-corrected chi connectivity index (χ2v) is 4.34. The number of aromatic nitrogens is 4. The van der Waals surface area contributed by atoms with Crippen molar-refractivity contribution in [3.63, 3.8) is 0 Å². The predicted molar refractivity (Wildman–Crippen MR) is 74.3 cm³/mol. The number of hydrogen-bond acceptors (Lipinski definition) is 6. The quantitative estimate of drug-likeness (QED) is 0.609. The molecule has 4 N–H and O–H groups in total. The second kappa shape index (κ2) is 4.72. The van der Waals surface area contributed by atoms with Gasteiger partial charge in [-0.2, -0.15) is 0 Å². The molecule has 0 aliphatic rings. The minimum Gasteiger partial charge on any atom is -0.408 e. The van der Waals surface area contributed by atoms with Crippen LogP contribution in [-0.4, -0.2) is 19.7 Å². The lowest BCUT2D eigenvalue weighted by atomic mass is 10.2. The van der Waals surface area contributed by atoms with Gasteiger partial charge in [-0.3, -0.25) is 4.98 Å². The standard InChI is InChI=1S/C12H14N6O2/c1-2-18-6-15-17-11(18)5-14-8-4-9-10(3-7(8)13)20-12(19)16-9/h3-4,6,14H,2,5,13H2,1H3,(H,16,19). The van der Waals surface area contributed by atoms with Gasteiger partial charge in [0.25, 0.3) is 0 Å². The fourth-order valence-electron chi connectivity index (χ4n) is 2.02. The van der Waals surface area contributed by atoms with Gasteiger partial charge in [0.2, 0.25) is 0 Å². The first-order valence-electron chi connectivity index (χ1n) is 6.20. The number of aryl methyl sites for hydroxylation is 1. The summed E-state index contributed by atoms with van der Waals surface area (Å²) in [7, 11) is 0. The largest absolute Gasteiger partial charge is 0.417 e. The molecule has 3 rings (SSSR count). The molecule has 0 amide bonds. The van der Waals surface area contributed by atoms with Crippen LogP contribution in [0.25, 0.3) is 11.1 Å². The maximum atomic E-state index is 11.1. The zero-order valence-electron chi connectivity index (χ0n) is 10.9. The van der Waals surface area contributed by atoms with Crippen LogP contribution in [0.15, 0.2) is 27.7 Å². The van der Waals surface area contributed by atoms with E-state index in [1.54, 1.807) is 18.5 Å². The molecule has 0 aliphatic carbocycles. The third-order valence-corrected chi connectivity index (χ3v) is 3.06. The number of nitrogen functional groups attached to an aromatic ring is 1. The number of nitrogens with two attached hydrogens (primary N) is 1. The van der Waals surface area contributed by atoms with E-state index in [9.17, 15) is 4.79 Å². The fourth-order valence-corrected chi connectivity index (χ4v) is 2.02. The van der Waals surface area contributed by atoms with Crippen molar-refractivity contribution >= 4 is 22.5 Å². The number of H-pyrrole nitrogens is 1. The molecule has 0 saturated carbocycles. The van der Waals surface area contributed by atoms with Crippen molar-refractivity contribution in [2.75, 3.05) is 11.1 Å². The van der Waals surface area contributed by atoms with Crippen LogP contribution in [0.3, 0.4) is 0 Å². The Bertz CT molecular complexity index is 800. The van der Waals surface area contributed by atoms with Gasteiger partial charge in [0, 0.05) is 12.6 Å². The molecule has 2 aromatic heterocycles. The Hall–Kier alpha value is -2.77. The average molecular weight is 274 g/mol. The van der Waals surface area contributed by atoms with Crippen LogP contribution in [0, 0.1) is 0 Å². The van der Waals surface area contributed by atoms with Crippen molar-refractivity contribution in [2.24, 2.45) is 0 Å². The lowest BCUT2D eigenvalue weighted by Crippen LogP contribution is -2.08. The van der Waals surface area contributed by atoms with Crippen molar-refractivity contribution in [1.82, 2.24) is 19.7 Å². The van der Waals surface area contributed by atoms with E-state index in [0.29, 0.717) is 29.0 Å². The van der Waals surface area contributed by atoms with Gasteiger partial charge in [-0.15, -0.1) is 10.2 Å². The molecule has 1 aromatic carbocycles. The van der Waals surface area contributed by atoms with Crippen molar-refractivity contribution in [1.29, 1.82) is 0 Å². The Kier molecular flexibility index (Phi) is 2.90. The maximum Gasteiger partial charge on any atom is 0.417 e. The van der Waals surface area contributed by atoms with Crippen molar-refractivity contribution in [3.8, 4) is 0 Å². The van der Waals surface area contributed by atoms with E-state index in [1.165, 1.54) is 0 Å². The zero-order valence-corrected chi connectivity index (χ0v) is 10.9. The molecule has 0 saturated heterocycles. The summed E-state index contributed by atoms with van der Waals surface area (Å²) in [6, 6.07) is 3.35. The number of oxazole rings is 1. The molecule has 104 valence electrons. The highest BCUT2D eigenvalue weighted by atomic mass is 16.4. The van der Waals surface area contributed by atoms with Gasteiger partial charge >= 0.3 is 5.76 Å². The Morgan fingerprint density at radius 1 is 1.50 bits per heavy atom. The number of hydrogen-bond donors (Lipinski definition) is 3. The summed E-state index contributed by atoms with van der Waals surface area (Å²) in [5.74, 6) is 0.315. The third-order valence-electron chi connectivity index (χ3n) is 3.06. The Labute approximate surface area is 113 Å². The van der Waals surface area contributed by atoms with Crippen LogP contribution >= 0.6 is 0 Å². The van der Waals surface area contributed by atoms with Gasteiger partial charge in [-0.1, -0.05) is 0 Å². The van der Waals surface area contributed by atoms with Crippen LogP contribution < -0.4 is 16.8 Å². The molecule has 0 aliphatic heterocycles. The Morgan fingerprint density at radius 2 is 2.35 bits per heavy atom. The minimum atomic E-state index is -0.498. The predicted octanol–water partition coefficient (Wildman–Crippen LogP) is 0.927. The molecule has 0 radical (unpaired) electrons. The van der Waals surface area contributed by atoms with E-state index in [0.717, 1.165) is 12.4 Å². The number of nitrogens with zero attached hydrogens (tertiary/aromatic N) is 3. The highest BCUT2D eigenvalue weighted by Crippen LogP contribution is 2.24. The van der Waals surface area contributed by atoms with Crippen molar-refractivity contribution < 1.29 is 4.42 Å². The van der Waals surface area contributed by atoms with E-state index in [2.05, 4.69) is 20.5 Å². The maximum absolute atomic E-state index is 11.1. The molecule has 0 spiro atoms. The number of fused-ring (bicyclic) bond motifs is 1. The van der Waals surface area contributed by atoms with Gasteiger partial charge in [0.05, 0.1) is 23.4 Å². The summed E-state index contributed by atoms with van der Waals surface area (Å²) in [4.78, 5) is 13.7. The summed E-state index contributed by atoms with van der Waals surface area (Å²) in [6.45, 7) is 3.31. The van der Waals surface area contributed by atoms with Crippen LogP contribution in [0.4, 0.5) is 11.4 Å². The molecule has 0 fully saturated rings. The molecular formula is C12H14N6O2. The first kappa shape index (κ1) is 12.3. The second-order valence-electron chi connectivity index (χ2n) is 4.34. The van der Waals surface area contributed by atoms with Gasteiger partial charge in [0.15, 0.2) is 11.4 Å². The van der Waals surface area contributed by atoms with E-state index in [1.807, 2.05) is 11.5 Å². The van der Waals surface area contributed by atoms with Gasteiger partial charge < -0.3 is 20.0 Å². The highest BCUT2D eigenvalue weighted by molar-refractivity contribution is 5.85. The summed E-state index contributed by atoms with van der Waals surface area (Å²) < 4.78 is 6.88. The molecule has 0 bridgehead atoms. The summed E-state index contributed by atoms with van der Waals surface area (Å²) in [5.41, 5.74) is 8.18. The molecule has 3 aromatic rings. The molecule has 20 heavy (non-hydrogen) atoms. The first-order valence-corrected chi connectivity index (χ1v) is 6.20. The van der Waals surface area contributed by atoms with E-state index >= 15 is 0 Å². The average Bonchev–Trinajstić information content (AvgIpc) is 3.00. The Morgan fingerprint density at radius 3 is 3.15 bits per heavy atom. The SMILES string of the molecule is CCn1cnnc1CNc1cc2[nH]c(=O)oc2cc1N. The number of anilines is 2. The summed E-state index contributed by atoms with van der Waals surface area (Å²) in [6.07, 6.45) is 1.68. The van der Waals surface area contributed by atoms with Crippen molar-refractivity contribution in [3.05, 3.63) is 34.8 Å². The topological polar surface area (TPSA) is 115 Å². The van der Waals surface area contributed by atoms with E-state index in [4.69, 9.17) is 10.2 Å². The summed E-state index contributed by atoms with van der Waals surface area (Å²) in [5, 5.41) is 11.1. The van der Waals surface area contributed by atoms with E-state index < -0.39 is 5.76 Å². The van der Waals surface area contributed by atoms with Crippen LogP contribution in [-0.2, 0) is 13.1 Å². The van der Waals surface area contributed by atoms with E-state index in [-0.39, 0.29) is 0 Å². The third kappa shape index (κ3) is 2.11. The van der Waals surface area contributed by atoms with Gasteiger partial charge in [-0.25, -0.2) is 4.79 Å². The van der Waals surface area contributed by atoms with Crippen LogP contribution in [0.5, 0.6) is 0 Å². The number of benzene rings is 1. The summed E-state index contributed by atoms with van der Waals surface area (Å²) >= 11 is 0. The Balaban J connectivity index is 1.87. The molecular weight excluding hydrogens is 260 g/mol. The zero-order chi connectivity index (χ0) is 14.1. The molecule has 8 heteroatoms. The van der Waals surface area contributed by atoms with Crippen LogP contribution in [0.2, 0.25) is 0 Å². The lowest BCUT2D eigenvalue weighted by molar-refractivity contribution is 0.555. The smallest absolute Gasteiger partial charge is 0.408 e. The number of aromatic amines is 1. The minimum absolute atomic E-state index is 0.440. The number of rotatable bonds is 4.